The maximum absolute atomic E-state index is 11.8. The van der Waals surface area contributed by atoms with Crippen LogP contribution in [0.4, 0.5) is 5.95 Å². The molecule has 2 aliphatic heterocycles. The van der Waals surface area contributed by atoms with E-state index in [9.17, 15) is 9.59 Å². The Morgan fingerprint density at radius 3 is 2.70 bits per heavy atom. The fourth-order valence-electron chi connectivity index (χ4n) is 3.91. The van der Waals surface area contributed by atoms with Crippen LogP contribution in [-0.2, 0) is 16.0 Å². The number of thioether (sulfide) groups is 1. The molecular weight excluding hydrogens is 396 g/mol. The average molecular weight is 423 g/mol. The second kappa shape index (κ2) is 9.51. The summed E-state index contributed by atoms with van der Waals surface area (Å²) in [7, 11) is 0. The summed E-state index contributed by atoms with van der Waals surface area (Å²) in [5.41, 5.74) is 3.06. The molecule has 0 amide bonds. The molecule has 2 aliphatic rings. The highest BCUT2D eigenvalue weighted by Gasteiger charge is 2.26. The van der Waals surface area contributed by atoms with Crippen LogP contribution in [0.2, 0.25) is 0 Å². The molecule has 0 saturated carbocycles. The van der Waals surface area contributed by atoms with Crippen LogP contribution < -0.4 is 4.90 Å². The molecule has 0 aliphatic carbocycles. The Hall–Kier alpha value is -2.54. The SMILES string of the molecule is Cc1ccc(CCCC2CCN(c3nccc(/C=C4\SC(=O)CC4=O)n3)CC2)nc1. The van der Waals surface area contributed by atoms with Gasteiger partial charge in [-0.05, 0) is 80.5 Å². The van der Waals surface area contributed by atoms with E-state index in [-0.39, 0.29) is 17.3 Å². The number of Topliss-reactive ketones (excluding diaryl/α,β-unsaturated/α-hetero) is 1. The van der Waals surface area contributed by atoms with E-state index in [2.05, 4.69) is 38.9 Å². The highest BCUT2D eigenvalue weighted by atomic mass is 32.2. The van der Waals surface area contributed by atoms with Crippen molar-refractivity contribution in [3.05, 3.63) is 52.4 Å². The van der Waals surface area contributed by atoms with Gasteiger partial charge in [0, 0.05) is 31.2 Å². The van der Waals surface area contributed by atoms with Crippen LogP contribution in [0.5, 0.6) is 0 Å². The minimum atomic E-state index is -0.119. The number of allylic oxidation sites excluding steroid dienone is 1. The van der Waals surface area contributed by atoms with Gasteiger partial charge < -0.3 is 4.90 Å². The summed E-state index contributed by atoms with van der Waals surface area (Å²) in [5, 5.41) is -0.0965. The lowest BCUT2D eigenvalue weighted by molar-refractivity contribution is -0.119. The third-order valence-electron chi connectivity index (χ3n) is 5.66. The minimum Gasteiger partial charge on any atom is -0.341 e. The standard InChI is InChI=1S/C23H26N4O2S/c1-16-5-6-18(25-15-16)4-2-3-17-8-11-27(12-9-17)23-24-10-7-19(26-23)13-21-20(28)14-22(29)30-21/h5-7,10,13,15,17H,2-4,8-9,11-12,14H2,1H3/b21-13-. The number of aromatic nitrogens is 3. The molecule has 2 aromatic heterocycles. The van der Waals surface area contributed by atoms with Crippen LogP contribution in [0.1, 0.15) is 49.1 Å². The van der Waals surface area contributed by atoms with E-state index in [1.165, 1.54) is 24.1 Å². The summed E-state index contributed by atoms with van der Waals surface area (Å²) in [6.07, 6.45) is 11.1. The van der Waals surface area contributed by atoms with Gasteiger partial charge in [-0.15, -0.1) is 0 Å². The van der Waals surface area contributed by atoms with Crippen LogP contribution in [0.25, 0.3) is 6.08 Å². The summed E-state index contributed by atoms with van der Waals surface area (Å²) < 4.78 is 0. The molecule has 0 bridgehead atoms. The number of pyridine rings is 1. The highest BCUT2D eigenvalue weighted by molar-refractivity contribution is 8.18. The van der Waals surface area contributed by atoms with Crippen molar-refractivity contribution in [3.8, 4) is 0 Å². The predicted molar refractivity (Wildman–Crippen MR) is 119 cm³/mol. The van der Waals surface area contributed by atoms with Gasteiger partial charge in [0.2, 0.25) is 11.1 Å². The van der Waals surface area contributed by atoms with Crippen molar-refractivity contribution in [1.82, 2.24) is 15.0 Å². The number of anilines is 1. The van der Waals surface area contributed by atoms with Crippen molar-refractivity contribution in [3.63, 3.8) is 0 Å². The van der Waals surface area contributed by atoms with Crippen LogP contribution in [-0.4, -0.2) is 38.9 Å². The Morgan fingerprint density at radius 2 is 2.00 bits per heavy atom. The normalized spacial score (nSPS) is 19.1. The molecule has 2 saturated heterocycles. The van der Waals surface area contributed by atoms with Crippen LogP contribution in [0, 0.1) is 12.8 Å². The van der Waals surface area contributed by atoms with Gasteiger partial charge in [0.05, 0.1) is 17.0 Å². The third-order valence-corrected chi connectivity index (χ3v) is 6.60. The maximum Gasteiger partial charge on any atom is 0.225 e. The first-order valence-electron chi connectivity index (χ1n) is 10.5. The summed E-state index contributed by atoms with van der Waals surface area (Å²) in [4.78, 5) is 39.5. The molecule has 6 nitrogen and oxygen atoms in total. The summed E-state index contributed by atoms with van der Waals surface area (Å²) >= 11 is 1.01. The Balaban J connectivity index is 1.28. The average Bonchev–Trinajstić information content (AvgIpc) is 3.07. The summed E-state index contributed by atoms with van der Waals surface area (Å²) in [6.45, 7) is 3.95. The maximum atomic E-state index is 11.8. The zero-order valence-corrected chi connectivity index (χ0v) is 18.0. The number of piperidine rings is 1. The van der Waals surface area contributed by atoms with Gasteiger partial charge in [-0.1, -0.05) is 6.07 Å². The predicted octanol–water partition coefficient (Wildman–Crippen LogP) is 3.99. The molecule has 156 valence electrons. The van der Waals surface area contributed by atoms with Crippen molar-refractivity contribution < 1.29 is 9.59 Å². The first-order valence-corrected chi connectivity index (χ1v) is 11.3. The second-order valence-corrected chi connectivity index (χ2v) is 9.11. The third kappa shape index (κ3) is 5.33. The van der Waals surface area contributed by atoms with E-state index in [0.29, 0.717) is 16.5 Å². The van der Waals surface area contributed by atoms with Gasteiger partial charge in [-0.25, -0.2) is 9.97 Å². The van der Waals surface area contributed by atoms with Crippen LogP contribution in [0.15, 0.2) is 35.5 Å². The van der Waals surface area contributed by atoms with Crippen molar-refractivity contribution in [1.29, 1.82) is 0 Å². The molecule has 0 radical (unpaired) electrons. The van der Waals surface area contributed by atoms with Gasteiger partial charge in [0.25, 0.3) is 0 Å². The molecular formula is C23H26N4O2S. The van der Waals surface area contributed by atoms with E-state index in [4.69, 9.17) is 0 Å². The van der Waals surface area contributed by atoms with E-state index in [0.717, 1.165) is 50.0 Å². The van der Waals surface area contributed by atoms with Crippen LogP contribution >= 0.6 is 11.8 Å². The fourth-order valence-corrected chi connectivity index (χ4v) is 4.73. The number of hydrogen-bond acceptors (Lipinski definition) is 7. The molecule has 4 heterocycles. The monoisotopic (exact) mass is 422 g/mol. The van der Waals surface area contributed by atoms with E-state index >= 15 is 0 Å². The molecule has 4 rings (SSSR count). The van der Waals surface area contributed by atoms with Crippen molar-refractivity contribution in [2.24, 2.45) is 5.92 Å². The number of ketones is 1. The molecule has 2 fully saturated rings. The van der Waals surface area contributed by atoms with E-state index in [1.807, 2.05) is 6.20 Å². The Morgan fingerprint density at radius 1 is 1.17 bits per heavy atom. The molecule has 0 atom stereocenters. The molecule has 0 N–H and O–H groups in total. The molecule has 7 heteroatoms. The van der Waals surface area contributed by atoms with Crippen LogP contribution in [0.3, 0.4) is 0 Å². The zero-order valence-electron chi connectivity index (χ0n) is 17.2. The number of hydrogen-bond donors (Lipinski definition) is 0. The van der Waals surface area contributed by atoms with Crippen molar-refractivity contribution in [2.45, 2.75) is 45.4 Å². The van der Waals surface area contributed by atoms with E-state index < -0.39 is 0 Å². The largest absolute Gasteiger partial charge is 0.341 e. The first-order chi connectivity index (χ1) is 14.6. The van der Waals surface area contributed by atoms with Gasteiger partial charge in [0.15, 0.2) is 5.78 Å². The van der Waals surface area contributed by atoms with Gasteiger partial charge in [-0.2, -0.15) is 0 Å². The Bertz CT molecular complexity index is 950. The van der Waals surface area contributed by atoms with E-state index in [1.54, 1.807) is 18.3 Å². The Kier molecular flexibility index (Phi) is 6.57. The molecule has 0 aromatic carbocycles. The zero-order chi connectivity index (χ0) is 20.9. The number of aryl methyl sites for hydroxylation is 2. The molecule has 2 aromatic rings. The molecule has 30 heavy (non-hydrogen) atoms. The lowest BCUT2D eigenvalue weighted by Gasteiger charge is -2.32. The summed E-state index contributed by atoms with van der Waals surface area (Å²) in [6, 6.07) is 6.04. The van der Waals surface area contributed by atoms with Gasteiger partial charge in [-0.3, -0.25) is 14.6 Å². The smallest absolute Gasteiger partial charge is 0.225 e. The molecule has 0 spiro atoms. The second-order valence-electron chi connectivity index (χ2n) is 8.01. The van der Waals surface area contributed by atoms with Gasteiger partial charge >= 0.3 is 0 Å². The highest BCUT2D eigenvalue weighted by Crippen LogP contribution is 2.30. The number of carbonyl (C=O) groups excluding carboxylic acids is 2. The topological polar surface area (TPSA) is 76.1 Å². The first kappa shape index (κ1) is 20.7. The van der Waals surface area contributed by atoms with Crippen molar-refractivity contribution >= 4 is 34.7 Å². The lowest BCUT2D eigenvalue weighted by atomic mass is 9.91. The fraction of sp³-hybridized carbons (Fsp3) is 0.435. The van der Waals surface area contributed by atoms with Gasteiger partial charge in [0.1, 0.15) is 0 Å². The summed E-state index contributed by atoms with van der Waals surface area (Å²) in [5.74, 6) is 1.32. The number of rotatable bonds is 6. The number of carbonyl (C=O) groups is 2. The molecule has 0 unspecified atom stereocenters. The van der Waals surface area contributed by atoms with Crippen molar-refractivity contribution in [2.75, 3.05) is 18.0 Å². The minimum absolute atomic E-state index is 0.0120. The number of nitrogens with zero attached hydrogens (tertiary/aromatic N) is 4. The lowest BCUT2D eigenvalue weighted by Crippen LogP contribution is -2.35. The quantitative estimate of drug-likeness (QED) is 0.514. The Labute approximate surface area is 181 Å².